The Labute approximate surface area is 72.4 Å². The maximum Gasteiger partial charge on any atom is 0.0456 e. The highest BCUT2D eigenvalue weighted by molar-refractivity contribution is 5.82. The van der Waals surface area contributed by atoms with Gasteiger partial charge in [-0.15, -0.1) is 0 Å². The Kier molecular flexibility index (Phi) is 1.86. The van der Waals surface area contributed by atoms with Gasteiger partial charge in [0.15, 0.2) is 0 Å². The number of hydrogen-bond acceptors (Lipinski definition) is 0. The van der Waals surface area contributed by atoms with E-state index in [9.17, 15) is 0 Å². The van der Waals surface area contributed by atoms with Gasteiger partial charge in [-0.2, -0.15) is 0 Å². The maximum absolute atomic E-state index is 3.27. The van der Waals surface area contributed by atoms with Crippen LogP contribution < -0.4 is 0 Å². The Morgan fingerprint density at radius 1 is 1.25 bits per heavy atom. The largest absolute Gasteiger partial charge is 0.361 e. The minimum atomic E-state index is 1.17. The molecule has 0 bridgehead atoms. The Morgan fingerprint density at radius 3 is 2.92 bits per heavy atom. The first kappa shape index (κ1) is 7.41. The predicted octanol–water partition coefficient (Wildman–Crippen LogP) is 3.12. The molecule has 0 spiro atoms. The molecule has 0 atom stereocenters. The van der Waals surface area contributed by atoms with Crippen LogP contribution in [0.3, 0.4) is 0 Å². The van der Waals surface area contributed by atoms with Crippen molar-refractivity contribution in [2.75, 3.05) is 0 Å². The predicted molar refractivity (Wildman–Crippen MR) is 52.3 cm³/mol. The number of aryl methyl sites for hydroxylation is 1. The average Bonchev–Trinajstić information content (AvgIpc) is 2.50. The van der Waals surface area contributed by atoms with Crippen LogP contribution in [0.4, 0.5) is 0 Å². The van der Waals surface area contributed by atoms with Gasteiger partial charge in [0.25, 0.3) is 0 Å². The van der Waals surface area contributed by atoms with Gasteiger partial charge in [0.05, 0.1) is 0 Å². The van der Waals surface area contributed by atoms with Crippen LogP contribution in [0.5, 0.6) is 0 Å². The smallest absolute Gasteiger partial charge is 0.0456 e. The van der Waals surface area contributed by atoms with Crippen molar-refractivity contribution in [3.05, 3.63) is 36.0 Å². The van der Waals surface area contributed by atoms with Crippen molar-refractivity contribution in [2.45, 2.75) is 19.8 Å². The van der Waals surface area contributed by atoms with Crippen molar-refractivity contribution in [1.29, 1.82) is 0 Å². The summed E-state index contributed by atoms with van der Waals surface area (Å²) in [4.78, 5) is 3.27. The van der Waals surface area contributed by atoms with Crippen LogP contribution in [0.25, 0.3) is 10.9 Å². The third-order valence-corrected chi connectivity index (χ3v) is 2.19. The molecule has 0 saturated heterocycles. The molecule has 62 valence electrons. The van der Waals surface area contributed by atoms with Gasteiger partial charge in [-0.1, -0.05) is 31.5 Å². The number of aromatic nitrogens is 1. The van der Waals surface area contributed by atoms with Crippen LogP contribution in [0.2, 0.25) is 0 Å². The number of fused-ring (bicyclic) bond motifs is 1. The summed E-state index contributed by atoms with van der Waals surface area (Å²) in [6, 6.07) is 8.45. The van der Waals surface area contributed by atoms with E-state index in [1.54, 1.807) is 0 Å². The first-order chi connectivity index (χ1) is 5.92. The molecule has 0 unspecified atom stereocenters. The van der Waals surface area contributed by atoms with E-state index >= 15 is 0 Å². The molecule has 0 radical (unpaired) electrons. The molecule has 1 aromatic heterocycles. The summed E-state index contributed by atoms with van der Waals surface area (Å²) in [5, 5.41) is 1.37. The fourth-order valence-electron chi connectivity index (χ4n) is 1.61. The second kappa shape index (κ2) is 3.02. The van der Waals surface area contributed by atoms with E-state index in [1.807, 2.05) is 0 Å². The lowest BCUT2D eigenvalue weighted by Gasteiger charge is -1.93. The summed E-state index contributed by atoms with van der Waals surface area (Å²) < 4.78 is 0. The number of aromatic amines is 1. The van der Waals surface area contributed by atoms with Crippen molar-refractivity contribution >= 4 is 10.9 Å². The van der Waals surface area contributed by atoms with E-state index in [2.05, 4.69) is 42.4 Å². The summed E-state index contributed by atoms with van der Waals surface area (Å²) in [5.41, 5.74) is 2.69. The highest BCUT2D eigenvalue weighted by atomic mass is 14.7. The first-order valence-corrected chi connectivity index (χ1v) is 4.47. The molecular weight excluding hydrogens is 146 g/mol. The molecule has 12 heavy (non-hydrogen) atoms. The Balaban J connectivity index is 2.55. The number of para-hydroxylation sites is 1. The van der Waals surface area contributed by atoms with E-state index in [0.717, 1.165) is 0 Å². The molecule has 1 nitrogen and oxygen atoms in total. The van der Waals surface area contributed by atoms with E-state index < -0.39 is 0 Å². The third-order valence-electron chi connectivity index (χ3n) is 2.19. The molecule has 0 aliphatic carbocycles. The molecule has 1 aromatic carbocycles. The van der Waals surface area contributed by atoms with Crippen LogP contribution in [0.1, 0.15) is 18.9 Å². The Morgan fingerprint density at radius 2 is 2.08 bits per heavy atom. The summed E-state index contributed by atoms with van der Waals surface area (Å²) >= 11 is 0. The maximum atomic E-state index is 3.27. The van der Waals surface area contributed by atoms with Crippen LogP contribution in [-0.4, -0.2) is 4.98 Å². The number of rotatable bonds is 2. The standard InChI is InChI=1S/C11H13N/c1-2-5-9-8-12-11-7-4-3-6-10(9)11/h3-4,6-8,12H,2,5H2,1H3. The van der Waals surface area contributed by atoms with Crippen LogP contribution >= 0.6 is 0 Å². The van der Waals surface area contributed by atoms with Gasteiger partial charge in [0.1, 0.15) is 0 Å². The highest BCUT2D eigenvalue weighted by Crippen LogP contribution is 2.18. The molecule has 2 rings (SSSR count). The molecule has 0 aliphatic heterocycles. The van der Waals surface area contributed by atoms with Gasteiger partial charge in [-0.05, 0) is 18.1 Å². The van der Waals surface area contributed by atoms with E-state index in [0.29, 0.717) is 0 Å². The van der Waals surface area contributed by atoms with E-state index in [4.69, 9.17) is 0 Å². The van der Waals surface area contributed by atoms with Crippen LogP contribution in [0.15, 0.2) is 30.5 Å². The summed E-state index contributed by atoms with van der Waals surface area (Å²) in [6.45, 7) is 2.21. The zero-order valence-electron chi connectivity index (χ0n) is 7.30. The molecule has 1 heteroatoms. The fraction of sp³-hybridized carbons (Fsp3) is 0.273. The van der Waals surface area contributed by atoms with Gasteiger partial charge in [-0.25, -0.2) is 0 Å². The van der Waals surface area contributed by atoms with Gasteiger partial charge in [0, 0.05) is 17.1 Å². The summed E-state index contributed by atoms with van der Waals surface area (Å²) in [5.74, 6) is 0. The van der Waals surface area contributed by atoms with Crippen molar-refractivity contribution in [1.82, 2.24) is 4.98 Å². The van der Waals surface area contributed by atoms with Gasteiger partial charge >= 0.3 is 0 Å². The van der Waals surface area contributed by atoms with Crippen molar-refractivity contribution in [3.8, 4) is 0 Å². The van der Waals surface area contributed by atoms with Crippen molar-refractivity contribution in [2.24, 2.45) is 0 Å². The molecular formula is C11H13N. The number of nitrogens with one attached hydrogen (secondary N) is 1. The summed E-state index contributed by atoms with van der Waals surface area (Å²) in [6.07, 6.45) is 4.50. The molecule has 2 aromatic rings. The lowest BCUT2D eigenvalue weighted by atomic mass is 10.1. The van der Waals surface area contributed by atoms with Gasteiger partial charge in [-0.3, -0.25) is 0 Å². The SMILES string of the molecule is CCCc1c[nH]c2ccccc12. The molecule has 0 aliphatic rings. The topological polar surface area (TPSA) is 15.8 Å². The quantitative estimate of drug-likeness (QED) is 0.693. The van der Waals surface area contributed by atoms with Crippen molar-refractivity contribution < 1.29 is 0 Å². The number of hydrogen-bond donors (Lipinski definition) is 1. The zero-order chi connectivity index (χ0) is 8.39. The number of benzene rings is 1. The first-order valence-electron chi connectivity index (χ1n) is 4.47. The van der Waals surface area contributed by atoms with E-state index in [1.165, 1.54) is 29.3 Å². The van der Waals surface area contributed by atoms with Crippen LogP contribution in [-0.2, 0) is 6.42 Å². The van der Waals surface area contributed by atoms with Crippen LogP contribution in [0, 0.1) is 0 Å². The average molecular weight is 159 g/mol. The van der Waals surface area contributed by atoms with Gasteiger partial charge in [0.2, 0.25) is 0 Å². The Hall–Kier alpha value is -1.24. The monoisotopic (exact) mass is 159 g/mol. The normalized spacial score (nSPS) is 10.8. The lowest BCUT2D eigenvalue weighted by molar-refractivity contribution is 0.929. The zero-order valence-corrected chi connectivity index (χ0v) is 7.30. The second-order valence-electron chi connectivity index (χ2n) is 3.11. The molecule has 1 N–H and O–H groups in total. The molecule has 0 fully saturated rings. The molecule has 0 amide bonds. The Bertz CT molecular complexity index is 373. The second-order valence-corrected chi connectivity index (χ2v) is 3.11. The highest BCUT2D eigenvalue weighted by Gasteiger charge is 1.99. The van der Waals surface area contributed by atoms with Crippen molar-refractivity contribution in [3.63, 3.8) is 0 Å². The third kappa shape index (κ3) is 1.11. The lowest BCUT2D eigenvalue weighted by Crippen LogP contribution is -1.77. The minimum Gasteiger partial charge on any atom is -0.361 e. The molecule has 0 saturated carbocycles. The van der Waals surface area contributed by atoms with Gasteiger partial charge < -0.3 is 4.98 Å². The summed E-state index contributed by atoms with van der Waals surface area (Å²) in [7, 11) is 0. The fourth-order valence-corrected chi connectivity index (χ4v) is 1.61. The van der Waals surface area contributed by atoms with E-state index in [-0.39, 0.29) is 0 Å². The minimum absolute atomic E-state index is 1.17. The number of H-pyrrole nitrogens is 1. The molecule has 1 heterocycles.